The van der Waals surface area contributed by atoms with E-state index < -0.39 is 0 Å². The van der Waals surface area contributed by atoms with Crippen molar-refractivity contribution in [1.82, 2.24) is 4.90 Å². The fourth-order valence-electron chi connectivity index (χ4n) is 3.99. The van der Waals surface area contributed by atoms with Gasteiger partial charge < -0.3 is 19.9 Å². The molecule has 2 atom stereocenters. The monoisotopic (exact) mass is 331 g/mol. The van der Waals surface area contributed by atoms with Crippen LogP contribution in [0.3, 0.4) is 0 Å². The largest absolute Gasteiger partial charge is 0.450 e. The number of nitrogens with one attached hydrogen (secondary N) is 1. The molecule has 1 aromatic carbocycles. The Morgan fingerprint density at radius 2 is 2.17 bits per heavy atom. The van der Waals surface area contributed by atoms with Gasteiger partial charge in [-0.2, -0.15) is 0 Å². The number of para-hydroxylation sites is 1. The van der Waals surface area contributed by atoms with Gasteiger partial charge in [0.05, 0.1) is 24.5 Å². The lowest BCUT2D eigenvalue weighted by molar-refractivity contribution is -0.115. The molecule has 1 fully saturated rings. The van der Waals surface area contributed by atoms with Gasteiger partial charge in [0.25, 0.3) is 0 Å². The maximum atomic E-state index is 12.0. The van der Waals surface area contributed by atoms with Crippen molar-refractivity contribution in [3.05, 3.63) is 23.8 Å². The molecule has 0 saturated carbocycles. The summed E-state index contributed by atoms with van der Waals surface area (Å²) in [5.41, 5.74) is 3.27. The minimum absolute atomic E-state index is 0.0399. The molecule has 3 heterocycles. The van der Waals surface area contributed by atoms with E-state index in [0.29, 0.717) is 32.3 Å². The minimum atomic E-state index is -0.235. The molecule has 0 bridgehead atoms. The number of benzene rings is 1. The first-order valence-electron chi connectivity index (χ1n) is 8.80. The van der Waals surface area contributed by atoms with Gasteiger partial charge >= 0.3 is 6.09 Å². The average molecular weight is 331 g/mol. The molecule has 6 nitrogen and oxygen atoms in total. The van der Waals surface area contributed by atoms with E-state index in [-0.39, 0.29) is 17.9 Å². The van der Waals surface area contributed by atoms with Crippen LogP contribution in [0.4, 0.5) is 16.2 Å². The third kappa shape index (κ3) is 2.60. The number of fused-ring (bicyclic) bond motifs is 3. The Balaban J connectivity index is 0.000000815. The normalized spacial score (nSPS) is 23.5. The van der Waals surface area contributed by atoms with Crippen LogP contribution in [-0.2, 0) is 9.53 Å². The number of hydrogen-bond donors (Lipinski definition) is 1. The van der Waals surface area contributed by atoms with Gasteiger partial charge in [-0.3, -0.25) is 4.79 Å². The highest BCUT2D eigenvalue weighted by molar-refractivity contribution is 6.03. The molecular weight excluding hydrogens is 306 g/mol. The lowest BCUT2D eigenvalue weighted by Gasteiger charge is -2.39. The van der Waals surface area contributed by atoms with Crippen molar-refractivity contribution < 1.29 is 14.3 Å². The SMILES string of the molecule is CC.CCOC(=O)N1CCC2C(C1)c1cccc3c1N2CC(=O)N3. The highest BCUT2D eigenvalue weighted by Gasteiger charge is 2.46. The first-order chi connectivity index (χ1) is 11.7. The number of likely N-dealkylation sites (tertiary alicyclic amines) is 1. The Morgan fingerprint density at radius 3 is 2.92 bits per heavy atom. The van der Waals surface area contributed by atoms with Gasteiger partial charge in [0.1, 0.15) is 0 Å². The molecular formula is C18H25N3O3. The van der Waals surface area contributed by atoms with Crippen molar-refractivity contribution in [3.63, 3.8) is 0 Å². The highest BCUT2D eigenvalue weighted by atomic mass is 16.6. The standard InChI is InChI=1S/C16H19N3O3.C2H6/c1-2-22-16(21)18-7-6-13-11(8-18)10-4-3-5-12-15(10)19(13)9-14(20)17-12;1-2/h3-5,11,13H,2,6-9H2,1H3,(H,17,20);1-2H3. The van der Waals surface area contributed by atoms with Crippen LogP contribution < -0.4 is 10.2 Å². The zero-order chi connectivity index (χ0) is 17.3. The number of amides is 2. The molecule has 24 heavy (non-hydrogen) atoms. The Hall–Kier alpha value is -2.24. The number of piperidine rings is 1. The Labute approximate surface area is 142 Å². The summed E-state index contributed by atoms with van der Waals surface area (Å²) in [6.45, 7) is 7.97. The molecule has 3 aliphatic heterocycles. The number of rotatable bonds is 1. The van der Waals surface area contributed by atoms with Crippen LogP contribution in [-0.4, -0.2) is 49.2 Å². The Bertz CT molecular complexity index is 646. The van der Waals surface area contributed by atoms with Gasteiger partial charge in [-0.05, 0) is 25.0 Å². The smallest absolute Gasteiger partial charge is 0.409 e. The van der Waals surface area contributed by atoms with E-state index in [1.165, 1.54) is 5.56 Å². The summed E-state index contributed by atoms with van der Waals surface area (Å²) >= 11 is 0. The molecule has 1 aromatic rings. The van der Waals surface area contributed by atoms with E-state index in [0.717, 1.165) is 17.8 Å². The van der Waals surface area contributed by atoms with Crippen molar-refractivity contribution >= 4 is 23.4 Å². The van der Waals surface area contributed by atoms with Crippen molar-refractivity contribution in [1.29, 1.82) is 0 Å². The number of anilines is 2. The summed E-state index contributed by atoms with van der Waals surface area (Å²) in [5, 5.41) is 2.95. The van der Waals surface area contributed by atoms with Crippen molar-refractivity contribution in [2.45, 2.75) is 39.2 Å². The second-order valence-corrected chi connectivity index (χ2v) is 6.03. The highest BCUT2D eigenvalue weighted by Crippen LogP contribution is 2.49. The van der Waals surface area contributed by atoms with Crippen molar-refractivity contribution in [2.75, 3.05) is 36.5 Å². The first-order valence-corrected chi connectivity index (χ1v) is 8.80. The van der Waals surface area contributed by atoms with Gasteiger partial charge in [0, 0.05) is 25.0 Å². The molecule has 0 radical (unpaired) electrons. The van der Waals surface area contributed by atoms with E-state index in [9.17, 15) is 9.59 Å². The van der Waals surface area contributed by atoms with Crippen molar-refractivity contribution in [3.8, 4) is 0 Å². The summed E-state index contributed by atoms with van der Waals surface area (Å²) in [6.07, 6.45) is 0.631. The minimum Gasteiger partial charge on any atom is -0.450 e. The van der Waals surface area contributed by atoms with E-state index in [1.807, 2.05) is 32.9 Å². The summed E-state index contributed by atoms with van der Waals surface area (Å²) in [6, 6.07) is 6.34. The van der Waals surface area contributed by atoms with E-state index in [1.54, 1.807) is 4.90 Å². The maximum absolute atomic E-state index is 12.0. The van der Waals surface area contributed by atoms with Gasteiger partial charge in [-0.15, -0.1) is 0 Å². The van der Waals surface area contributed by atoms with Crippen molar-refractivity contribution in [2.24, 2.45) is 0 Å². The quantitative estimate of drug-likeness (QED) is 0.859. The lowest BCUT2D eigenvalue weighted by Crippen LogP contribution is -2.50. The molecule has 0 aromatic heterocycles. The molecule has 4 rings (SSSR count). The van der Waals surface area contributed by atoms with Gasteiger partial charge in [0.2, 0.25) is 5.91 Å². The number of carbonyl (C=O) groups excluding carboxylic acids is 2. The number of nitrogens with zero attached hydrogens (tertiary/aromatic N) is 2. The molecule has 130 valence electrons. The summed E-state index contributed by atoms with van der Waals surface area (Å²) < 4.78 is 5.13. The van der Waals surface area contributed by atoms with Crippen LogP contribution in [0.1, 0.15) is 38.7 Å². The second-order valence-electron chi connectivity index (χ2n) is 6.03. The van der Waals surface area contributed by atoms with Gasteiger partial charge in [-0.25, -0.2) is 4.79 Å². The van der Waals surface area contributed by atoms with E-state index in [4.69, 9.17) is 4.74 Å². The third-order valence-electron chi connectivity index (χ3n) is 4.84. The molecule has 1 N–H and O–H groups in total. The molecule has 2 amide bonds. The second kappa shape index (κ2) is 6.71. The summed E-state index contributed by atoms with van der Waals surface area (Å²) in [4.78, 5) is 27.9. The zero-order valence-corrected chi connectivity index (χ0v) is 14.5. The molecule has 2 unspecified atom stereocenters. The average Bonchev–Trinajstić information content (AvgIpc) is 2.92. The van der Waals surface area contributed by atoms with Gasteiger partial charge in [-0.1, -0.05) is 26.0 Å². The predicted molar refractivity (Wildman–Crippen MR) is 93.5 cm³/mol. The van der Waals surface area contributed by atoms with Crippen LogP contribution in [0.25, 0.3) is 0 Å². The zero-order valence-electron chi connectivity index (χ0n) is 14.5. The fourth-order valence-corrected chi connectivity index (χ4v) is 3.99. The number of ether oxygens (including phenoxy) is 1. The first kappa shape index (κ1) is 16.6. The topological polar surface area (TPSA) is 61.9 Å². The van der Waals surface area contributed by atoms with E-state index in [2.05, 4.69) is 16.3 Å². The van der Waals surface area contributed by atoms with Crippen LogP contribution in [0, 0.1) is 0 Å². The van der Waals surface area contributed by atoms with Crippen LogP contribution >= 0.6 is 0 Å². The molecule has 1 saturated heterocycles. The summed E-state index contributed by atoms with van der Waals surface area (Å²) in [7, 11) is 0. The molecule has 0 spiro atoms. The fraction of sp³-hybridized carbons (Fsp3) is 0.556. The van der Waals surface area contributed by atoms with Crippen LogP contribution in [0.15, 0.2) is 18.2 Å². The molecule has 3 aliphatic rings. The summed E-state index contributed by atoms with van der Waals surface area (Å²) in [5.74, 6) is 0.291. The number of hydrogen-bond acceptors (Lipinski definition) is 4. The Morgan fingerprint density at radius 1 is 1.38 bits per heavy atom. The Kier molecular flexibility index (Phi) is 4.64. The molecule has 6 heteroatoms. The third-order valence-corrected chi connectivity index (χ3v) is 4.84. The predicted octanol–water partition coefficient (Wildman–Crippen LogP) is 2.80. The van der Waals surface area contributed by atoms with E-state index >= 15 is 0 Å². The van der Waals surface area contributed by atoms with Crippen LogP contribution in [0.2, 0.25) is 0 Å². The maximum Gasteiger partial charge on any atom is 0.409 e. The molecule has 0 aliphatic carbocycles. The lowest BCUT2D eigenvalue weighted by atomic mass is 9.89. The van der Waals surface area contributed by atoms with Crippen LogP contribution in [0.5, 0.6) is 0 Å². The van der Waals surface area contributed by atoms with Gasteiger partial charge in [0.15, 0.2) is 0 Å². The number of carbonyl (C=O) groups is 2.